The van der Waals surface area contributed by atoms with Gasteiger partial charge in [-0.15, -0.1) is 11.3 Å². The minimum absolute atomic E-state index is 0.0387. The number of hydrogen-bond acceptors (Lipinski definition) is 7. The van der Waals surface area contributed by atoms with Gasteiger partial charge in [-0.25, -0.2) is 9.97 Å². The fourth-order valence-corrected chi connectivity index (χ4v) is 6.04. The van der Waals surface area contributed by atoms with E-state index in [9.17, 15) is 4.79 Å². The second kappa shape index (κ2) is 8.17. The molecule has 1 aliphatic heterocycles. The van der Waals surface area contributed by atoms with Crippen LogP contribution in [0.25, 0.3) is 21.3 Å². The molecule has 1 unspecified atom stereocenters. The lowest BCUT2D eigenvalue weighted by molar-refractivity contribution is 0.0937. The maximum atomic E-state index is 13.5. The van der Waals surface area contributed by atoms with Gasteiger partial charge in [-0.1, -0.05) is 30.8 Å². The molecule has 0 radical (unpaired) electrons. The lowest BCUT2D eigenvalue weighted by atomic mass is 10.1. The zero-order valence-electron chi connectivity index (χ0n) is 17.0. The zero-order valence-corrected chi connectivity index (χ0v) is 18.6. The summed E-state index contributed by atoms with van der Waals surface area (Å²) in [5, 5.41) is 1.47. The summed E-state index contributed by atoms with van der Waals surface area (Å²) in [7, 11) is 0. The van der Waals surface area contributed by atoms with E-state index in [2.05, 4.69) is 18.8 Å². The quantitative estimate of drug-likeness (QED) is 0.312. The monoisotopic (exact) mass is 441 g/mol. The number of ether oxygens (including phenoxy) is 1. The maximum Gasteiger partial charge on any atom is 0.263 e. The Balaban J connectivity index is 1.53. The Morgan fingerprint density at radius 1 is 1.30 bits per heavy atom. The Kier molecular flexibility index (Phi) is 5.39. The molecule has 8 heteroatoms. The first kappa shape index (κ1) is 19.8. The molecule has 1 aromatic carbocycles. The van der Waals surface area contributed by atoms with E-state index in [-0.39, 0.29) is 11.7 Å². The van der Waals surface area contributed by atoms with Crippen molar-refractivity contribution in [1.82, 2.24) is 14.5 Å². The van der Waals surface area contributed by atoms with Crippen LogP contribution in [0.5, 0.6) is 0 Å². The highest BCUT2D eigenvalue weighted by atomic mass is 32.2. The number of nitrogens with zero attached hydrogens (tertiary/aromatic N) is 3. The molecule has 0 spiro atoms. The van der Waals surface area contributed by atoms with Crippen LogP contribution < -0.4 is 5.56 Å². The highest BCUT2D eigenvalue weighted by molar-refractivity contribution is 7.98. The number of benzene rings is 1. The third kappa shape index (κ3) is 3.57. The van der Waals surface area contributed by atoms with Gasteiger partial charge in [0.1, 0.15) is 10.3 Å². The summed E-state index contributed by atoms with van der Waals surface area (Å²) >= 11 is 3.10. The SMILES string of the molecule is CCc1c(C)sc2nc(SCc3nc4ccccc4o3)n(CC3CCCO3)c(=O)c12. The topological polar surface area (TPSA) is 70.2 Å². The van der Waals surface area contributed by atoms with Crippen molar-refractivity contribution in [2.24, 2.45) is 0 Å². The van der Waals surface area contributed by atoms with Crippen molar-refractivity contribution in [2.75, 3.05) is 6.61 Å². The second-order valence-corrected chi connectivity index (χ2v) is 9.63. The first-order valence-corrected chi connectivity index (χ1v) is 12.1. The first-order valence-electron chi connectivity index (χ1n) is 10.3. The summed E-state index contributed by atoms with van der Waals surface area (Å²) in [4.78, 5) is 24.9. The summed E-state index contributed by atoms with van der Waals surface area (Å²) in [5.74, 6) is 1.15. The molecule has 0 aliphatic carbocycles. The zero-order chi connectivity index (χ0) is 20.7. The van der Waals surface area contributed by atoms with Gasteiger partial charge in [-0.05, 0) is 43.9 Å². The molecule has 5 rings (SSSR count). The van der Waals surface area contributed by atoms with E-state index < -0.39 is 0 Å². The number of oxazole rings is 1. The molecule has 0 bridgehead atoms. The van der Waals surface area contributed by atoms with Gasteiger partial charge in [0.05, 0.1) is 23.8 Å². The van der Waals surface area contributed by atoms with E-state index in [1.54, 1.807) is 15.9 Å². The van der Waals surface area contributed by atoms with Crippen LogP contribution >= 0.6 is 23.1 Å². The molecule has 3 aromatic heterocycles. The van der Waals surface area contributed by atoms with E-state index in [1.807, 2.05) is 24.3 Å². The van der Waals surface area contributed by atoms with Crippen molar-refractivity contribution in [3.63, 3.8) is 0 Å². The lowest BCUT2D eigenvalue weighted by Crippen LogP contribution is -2.29. The van der Waals surface area contributed by atoms with E-state index in [0.717, 1.165) is 52.7 Å². The lowest BCUT2D eigenvalue weighted by Gasteiger charge is -2.15. The molecule has 4 aromatic rings. The number of thioether (sulfide) groups is 1. The Hall–Kier alpha value is -2.16. The molecule has 0 N–H and O–H groups in total. The standard InChI is InChI=1S/C22H23N3O3S2/c1-3-15-13(2)30-20-19(15)21(26)25(11-14-7-6-10-27-14)22(24-20)29-12-18-23-16-8-4-5-9-17(16)28-18/h4-5,8-9,14H,3,6-7,10-12H2,1-2H3. The maximum absolute atomic E-state index is 13.5. The number of para-hydroxylation sites is 2. The number of aryl methyl sites for hydroxylation is 2. The Morgan fingerprint density at radius 2 is 2.17 bits per heavy atom. The van der Waals surface area contributed by atoms with E-state index in [1.165, 1.54) is 16.6 Å². The molecule has 0 saturated carbocycles. The molecule has 4 heterocycles. The predicted octanol–water partition coefficient (Wildman–Crippen LogP) is 4.94. The van der Waals surface area contributed by atoms with Crippen molar-refractivity contribution in [2.45, 2.75) is 56.7 Å². The summed E-state index contributed by atoms with van der Waals surface area (Å²) in [6.45, 7) is 5.46. The van der Waals surface area contributed by atoms with Crippen molar-refractivity contribution < 1.29 is 9.15 Å². The summed E-state index contributed by atoms with van der Waals surface area (Å²) in [5.41, 5.74) is 2.77. The summed E-state index contributed by atoms with van der Waals surface area (Å²) in [6.07, 6.45) is 2.91. The van der Waals surface area contributed by atoms with Crippen LogP contribution in [-0.2, 0) is 23.5 Å². The van der Waals surface area contributed by atoms with E-state index in [0.29, 0.717) is 23.3 Å². The molecular weight excluding hydrogens is 418 g/mol. The average molecular weight is 442 g/mol. The number of aromatic nitrogens is 3. The highest BCUT2D eigenvalue weighted by Gasteiger charge is 2.23. The summed E-state index contributed by atoms with van der Waals surface area (Å²) < 4.78 is 13.5. The molecule has 6 nitrogen and oxygen atoms in total. The summed E-state index contributed by atoms with van der Waals surface area (Å²) in [6, 6.07) is 7.73. The van der Waals surface area contributed by atoms with Crippen LogP contribution in [0.15, 0.2) is 38.6 Å². The molecule has 1 atom stereocenters. The third-order valence-electron chi connectivity index (χ3n) is 5.50. The highest BCUT2D eigenvalue weighted by Crippen LogP contribution is 2.31. The van der Waals surface area contributed by atoms with E-state index in [4.69, 9.17) is 14.1 Å². The molecular formula is C22H23N3O3S2. The molecule has 1 fully saturated rings. The Labute approximate surface area is 182 Å². The van der Waals surface area contributed by atoms with Gasteiger partial charge >= 0.3 is 0 Å². The Morgan fingerprint density at radius 3 is 2.93 bits per heavy atom. The van der Waals surface area contributed by atoms with Crippen LogP contribution in [0.2, 0.25) is 0 Å². The van der Waals surface area contributed by atoms with Crippen LogP contribution in [0.3, 0.4) is 0 Å². The predicted molar refractivity (Wildman–Crippen MR) is 121 cm³/mol. The van der Waals surface area contributed by atoms with Crippen molar-refractivity contribution >= 4 is 44.4 Å². The van der Waals surface area contributed by atoms with Gasteiger partial charge in [0.2, 0.25) is 5.89 Å². The first-order chi connectivity index (χ1) is 14.6. The Bertz CT molecular complexity index is 1240. The van der Waals surface area contributed by atoms with Crippen molar-refractivity contribution in [1.29, 1.82) is 0 Å². The number of hydrogen-bond donors (Lipinski definition) is 0. The number of rotatable bonds is 6. The van der Waals surface area contributed by atoms with Gasteiger partial charge in [0.15, 0.2) is 10.7 Å². The second-order valence-electron chi connectivity index (χ2n) is 7.48. The smallest absolute Gasteiger partial charge is 0.263 e. The minimum Gasteiger partial charge on any atom is -0.440 e. The number of fused-ring (bicyclic) bond motifs is 2. The largest absolute Gasteiger partial charge is 0.440 e. The van der Waals surface area contributed by atoms with Crippen LogP contribution in [0.4, 0.5) is 0 Å². The molecule has 0 amide bonds. The van der Waals surface area contributed by atoms with Crippen molar-refractivity contribution in [3.05, 3.63) is 51.0 Å². The van der Waals surface area contributed by atoms with Crippen molar-refractivity contribution in [3.8, 4) is 0 Å². The minimum atomic E-state index is 0.0387. The fraction of sp³-hybridized carbons (Fsp3) is 0.409. The molecule has 1 aliphatic rings. The van der Waals surface area contributed by atoms with Gasteiger partial charge in [-0.3, -0.25) is 9.36 Å². The molecule has 30 heavy (non-hydrogen) atoms. The molecule has 156 valence electrons. The average Bonchev–Trinajstić information content (AvgIpc) is 3.46. The van der Waals surface area contributed by atoms with Gasteiger partial charge < -0.3 is 9.15 Å². The molecule has 1 saturated heterocycles. The van der Waals surface area contributed by atoms with Crippen LogP contribution in [-0.4, -0.2) is 27.2 Å². The van der Waals surface area contributed by atoms with E-state index >= 15 is 0 Å². The fourth-order valence-electron chi connectivity index (χ4n) is 4.03. The van der Waals surface area contributed by atoms with Gasteiger partial charge in [0, 0.05) is 11.5 Å². The normalized spacial score (nSPS) is 16.8. The van der Waals surface area contributed by atoms with Crippen LogP contribution in [0.1, 0.15) is 36.1 Å². The van der Waals surface area contributed by atoms with Gasteiger partial charge in [0.25, 0.3) is 5.56 Å². The third-order valence-corrected chi connectivity index (χ3v) is 7.51. The van der Waals surface area contributed by atoms with Gasteiger partial charge in [-0.2, -0.15) is 0 Å². The number of thiophene rings is 1. The van der Waals surface area contributed by atoms with Crippen LogP contribution in [0, 0.1) is 6.92 Å².